The van der Waals surface area contributed by atoms with Crippen LogP contribution in [0.4, 0.5) is 13.2 Å². The van der Waals surface area contributed by atoms with Crippen LogP contribution in [0.3, 0.4) is 0 Å². The lowest BCUT2D eigenvalue weighted by Crippen LogP contribution is -2.36. The first-order chi connectivity index (χ1) is 14.5. The quantitative estimate of drug-likeness (QED) is 0.166. The number of phosphoric acid groups is 2. The number of alkyl halides is 3. The molecular weight excluding hydrogens is 530 g/mol. The number of amides is 1. The van der Waals surface area contributed by atoms with E-state index in [1.807, 2.05) is 0 Å². The van der Waals surface area contributed by atoms with E-state index in [0.29, 0.717) is 12.8 Å². The van der Waals surface area contributed by atoms with Gasteiger partial charge in [-0.25, -0.2) is 13.4 Å². The molecule has 1 aliphatic heterocycles. The van der Waals surface area contributed by atoms with E-state index in [4.69, 9.17) is 23.9 Å². The highest BCUT2D eigenvalue weighted by molar-refractivity contribution is 8.08. The van der Waals surface area contributed by atoms with E-state index in [-0.39, 0.29) is 6.61 Å². The van der Waals surface area contributed by atoms with Crippen LogP contribution in [0, 0.1) is 11.8 Å². The van der Waals surface area contributed by atoms with E-state index in [2.05, 4.69) is 37.6 Å². The molecule has 1 fully saturated rings. The van der Waals surface area contributed by atoms with Crippen molar-refractivity contribution >= 4 is 40.1 Å². The number of halogens is 3. The Kier molecular flexibility index (Phi) is 11.0. The van der Waals surface area contributed by atoms with Gasteiger partial charge in [-0.05, 0) is 24.6 Å². The van der Waals surface area contributed by atoms with Gasteiger partial charge in [-0.15, -0.1) is 0 Å². The van der Waals surface area contributed by atoms with Crippen LogP contribution in [0.5, 0.6) is 0 Å². The minimum absolute atomic E-state index is 0.385. The molecule has 0 radical (unpaired) electrons. The Bertz CT molecular complexity index is 900. The monoisotopic (exact) mass is 548 g/mol. The molecule has 20 heteroatoms. The highest BCUT2D eigenvalue weighted by atomic mass is 32.5. The minimum Gasteiger partial charge on any atom is -0.366 e. The van der Waals surface area contributed by atoms with Gasteiger partial charge in [-0.2, -0.15) is 17.5 Å². The largest absolute Gasteiger partial charge is 0.488 e. The molecule has 4 atom stereocenters. The highest BCUT2D eigenvalue weighted by Crippen LogP contribution is 2.66. The second-order valence-corrected chi connectivity index (χ2v) is 11.5. The molecule has 32 heavy (non-hydrogen) atoms. The molecule has 0 aromatic carbocycles. The molecule has 6 N–H and O–H groups in total. The molecule has 184 valence electrons. The maximum Gasteiger partial charge on any atom is 0.488 e. The third-order valence-corrected chi connectivity index (χ3v) is 7.81. The summed E-state index contributed by atoms with van der Waals surface area (Å²) in [6.07, 6.45) is -2.72. The van der Waals surface area contributed by atoms with Crippen LogP contribution in [0.1, 0.15) is 12.8 Å². The van der Waals surface area contributed by atoms with Crippen LogP contribution in [-0.2, 0) is 43.6 Å². The minimum atomic E-state index is -5.40. The Balaban J connectivity index is 2.35. The number of nitrogens with one attached hydrogen (secondary N) is 2. The van der Waals surface area contributed by atoms with Crippen molar-refractivity contribution in [1.29, 1.82) is 0 Å². The summed E-state index contributed by atoms with van der Waals surface area (Å²) in [5.74, 6) is 2.55. The zero-order valence-corrected chi connectivity index (χ0v) is 19.2. The molecule has 0 aromatic heterocycles. The molecule has 2 unspecified atom stereocenters. The third kappa shape index (κ3) is 13.0. The van der Waals surface area contributed by atoms with Gasteiger partial charge in [0.2, 0.25) is 0 Å². The first-order valence-corrected chi connectivity index (χ1v) is 13.8. The van der Waals surface area contributed by atoms with Crippen LogP contribution < -0.4 is 10.6 Å². The van der Waals surface area contributed by atoms with E-state index >= 15 is 0 Å². The van der Waals surface area contributed by atoms with Crippen LogP contribution in [0.15, 0.2) is 12.3 Å². The second-order valence-electron chi connectivity index (χ2n) is 5.71. The van der Waals surface area contributed by atoms with Crippen LogP contribution in [0.2, 0.25) is 0 Å². The fourth-order valence-electron chi connectivity index (χ4n) is 1.96. The molecule has 1 saturated heterocycles. The summed E-state index contributed by atoms with van der Waals surface area (Å²) in [5.41, 5.74) is 0. The van der Waals surface area contributed by atoms with Crippen LogP contribution in [0.25, 0.3) is 0 Å². The van der Waals surface area contributed by atoms with E-state index in [1.165, 1.54) is 12.3 Å². The summed E-state index contributed by atoms with van der Waals surface area (Å²) in [6.45, 7) is -5.30. The zero-order valence-electron chi connectivity index (χ0n) is 15.7. The molecule has 0 aliphatic carbocycles. The highest BCUT2D eigenvalue weighted by Gasteiger charge is 2.39. The van der Waals surface area contributed by atoms with E-state index in [1.54, 1.807) is 5.32 Å². The van der Waals surface area contributed by atoms with Gasteiger partial charge in [0, 0.05) is 12.3 Å². The van der Waals surface area contributed by atoms with E-state index in [9.17, 15) is 32.0 Å². The molecule has 1 heterocycles. The SMILES string of the molecule is O=C(NCC#C/C=C/N[C@H]1CC[C@@H](COP(O)(=S)OP(=O)(O)OP(=O)(O)O)O1)C(F)(F)F. The Hall–Kier alpha value is -0.850. The van der Waals surface area contributed by atoms with Crippen molar-refractivity contribution in [2.24, 2.45) is 0 Å². The lowest BCUT2D eigenvalue weighted by molar-refractivity contribution is -0.173. The smallest absolute Gasteiger partial charge is 0.366 e. The molecule has 0 saturated carbocycles. The van der Waals surface area contributed by atoms with Crippen molar-refractivity contribution in [3.05, 3.63) is 12.3 Å². The normalized spacial score (nSPS) is 23.1. The summed E-state index contributed by atoms with van der Waals surface area (Å²) >= 11 is 4.47. The number of carbonyl (C=O) groups excluding carboxylic acids is 1. The maximum atomic E-state index is 11.9. The van der Waals surface area contributed by atoms with Crippen molar-refractivity contribution in [2.75, 3.05) is 13.2 Å². The Labute approximate surface area is 184 Å². The number of hydrogen-bond donors (Lipinski definition) is 6. The molecule has 1 amide bonds. The summed E-state index contributed by atoms with van der Waals surface area (Å²) in [7, 11) is -10.8. The zero-order chi connectivity index (χ0) is 24.6. The summed E-state index contributed by atoms with van der Waals surface area (Å²) in [6, 6.07) is 0. The first kappa shape index (κ1) is 29.2. The fraction of sp³-hybridized carbons (Fsp3) is 0.583. The predicted octanol–water partition coefficient (Wildman–Crippen LogP) is 0.736. The molecule has 13 nitrogen and oxygen atoms in total. The summed E-state index contributed by atoms with van der Waals surface area (Å²) in [4.78, 5) is 46.4. The van der Waals surface area contributed by atoms with Gasteiger partial charge in [0.1, 0.15) is 6.23 Å². The molecule has 0 aromatic rings. The van der Waals surface area contributed by atoms with Gasteiger partial charge in [0.15, 0.2) is 0 Å². The van der Waals surface area contributed by atoms with Gasteiger partial charge in [0.25, 0.3) is 0 Å². The Morgan fingerprint density at radius 1 is 1.22 bits per heavy atom. The van der Waals surface area contributed by atoms with Gasteiger partial charge < -0.3 is 39.5 Å². The lowest BCUT2D eigenvalue weighted by atomic mass is 10.2. The molecule has 1 rings (SSSR count). The standard InChI is InChI=1S/C12H18F3N2O11P3S/c13-12(14,15)11(18)17-7-3-1-2-6-16-10-5-4-9(26-10)8-25-31(24,32)28-30(22,23)27-29(19,20)21/h2,6,9-10,16H,4-5,7-8H2,(H,17,18)(H,22,23)(H,24,32)(H2,19,20,21)/b6-2+/t9-,10+,31?/m0/s1. The van der Waals surface area contributed by atoms with Crippen molar-refractivity contribution in [3.8, 4) is 11.8 Å². The van der Waals surface area contributed by atoms with Crippen molar-refractivity contribution in [1.82, 2.24) is 10.6 Å². The van der Waals surface area contributed by atoms with Gasteiger partial charge in [-0.3, -0.25) is 4.79 Å². The Morgan fingerprint density at radius 2 is 1.88 bits per heavy atom. The van der Waals surface area contributed by atoms with Gasteiger partial charge in [-0.1, -0.05) is 11.8 Å². The number of carbonyl (C=O) groups is 1. The number of rotatable bonds is 10. The second kappa shape index (κ2) is 12.0. The average Bonchev–Trinajstić information content (AvgIpc) is 3.03. The summed E-state index contributed by atoms with van der Waals surface area (Å²) in [5, 5.41) is 4.33. The lowest BCUT2D eigenvalue weighted by Gasteiger charge is -2.20. The Morgan fingerprint density at radius 3 is 2.47 bits per heavy atom. The van der Waals surface area contributed by atoms with Gasteiger partial charge in [0.05, 0.1) is 19.3 Å². The molecular formula is C12H18F3N2O11P3S. The molecule has 1 aliphatic rings. The number of ether oxygens (including phenoxy) is 1. The van der Waals surface area contributed by atoms with Crippen LogP contribution in [-0.4, -0.2) is 57.1 Å². The fourth-order valence-corrected chi connectivity index (χ4v) is 5.95. The predicted molar refractivity (Wildman–Crippen MR) is 104 cm³/mol. The third-order valence-electron chi connectivity index (χ3n) is 3.09. The van der Waals surface area contributed by atoms with E-state index in [0.717, 1.165) is 0 Å². The maximum absolute atomic E-state index is 11.9. The topological polar surface area (TPSA) is 193 Å². The average molecular weight is 548 g/mol. The summed E-state index contributed by atoms with van der Waals surface area (Å²) < 4.78 is 75.7. The van der Waals surface area contributed by atoms with Crippen molar-refractivity contribution in [2.45, 2.75) is 31.3 Å². The number of allylic oxidation sites excluding steroid dienone is 1. The van der Waals surface area contributed by atoms with Crippen molar-refractivity contribution in [3.63, 3.8) is 0 Å². The number of hydrogen-bond acceptors (Lipinski definition) is 9. The first-order valence-electron chi connectivity index (χ1n) is 8.17. The van der Waals surface area contributed by atoms with Crippen LogP contribution >= 0.6 is 22.4 Å². The van der Waals surface area contributed by atoms with Crippen molar-refractivity contribution < 1.29 is 64.6 Å². The van der Waals surface area contributed by atoms with Gasteiger partial charge >= 0.3 is 34.4 Å². The molecule has 0 bridgehead atoms. The molecule has 0 spiro atoms. The van der Waals surface area contributed by atoms with E-state index < -0.39 is 53.3 Å².